The Morgan fingerprint density at radius 1 is 1.23 bits per heavy atom. The summed E-state index contributed by atoms with van der Waals surface area (Å²) in [5.41, 5.74) is 1.01. The van der Waals surface area contributed by atoms with E-state index < -0.39 is 42.6 Å². The van der Waals surface area contributed by atoms with Crippen LogP contribution in [0.25, 0.3) is 11.5 Å². The summed E-state index contributed by atoms with van der Waals surface area (Å²) in [6.45, 7) is 0.585. The van der Waals surface area contributed by atoms with E-state index in [0.717, 1.165) is 4.68 Å². The molecule has 31 heavy (non-hydrogen) atoms. The molecule has 1 aromatic heterocycles. The number of benzene rings is 2. The number of ether oxygens (including phenoxy) is 1. The summed E-state index contributed by atoms with van der Waals surface area (Å²) in [4.78, 5) is 35.9. The quantitative estimate of drug-likeness (QED) is 0.534. The molecule has 8 nitrogen and oxygen atoms in total. The average molecular weight is 468 g/mol. The maximum atomic E-state index is 13.0. The Hall–Kier alpha value is -3.17. The predicted molar refractivity (Wildman–Crippen MR) is 110 cm³/mol. The first kappa shape index (κ1) is 22.5. The molecule has 0 saturated carbocycles. The SMILES string of the molecule is CC(NC(=O)COC(=O)Cn1nc(-c2ccc(F)cc2)oc1=O)c1ccc(Cl)cc1Cl. The van der Waals surface area contributed by atoms with Gasteiger partial charge in [0.2, 0.25) is 5.89 Å². The molecule has 2 aromatic carbocycles. The predicted octanol–water partition coefficient (Wildman–Crippen LogP) is 3.37. The van der Waals surface area contributed by atoms with Gasteiger partial charge in [0.25, 0.3) is 5.91 Å². The van der Waals surface area contributed by atoms with Gasteiger partial charge in [0.05, 0.1) is 6.04 Å². The highest BCUT2D eigenvalue weighted by molar-refractivity contribution is 6.35. The highest BCUT2D eigenvalue weighted by Crippen LogP contribution is 2.26. The number of hydrogen-bond donors (Lipinski definition) is 1. The lowest BCUT2D eigenvalue weighted by Crippen LogP contribution is -2.32. The van der Waals surface area contributed by atoms with Crippen molar-refractivity contribution >= 4 is 35.1 Å². The Labute approximate surface area is 185 Å². The molecule has 3 rings (SSSR count). The molecule has 0 aliphatic carbocycles. The van der Waals surface area contributed by atoms with Crippen LogP contribution in [0.4, 0.5) is 4.39 Å². The fourth-order valence-corrected chi connectivity index (χ4v) is 3.21. The first-order valence-corrected chi connectivity index (χ1v) is 9.72. The molecule has 1 atom stereocenters. The van der Waals surface area contributed by atoms with Crippen LogP contribution in [0, 0.1) is 5.82 Å². The van der Waals surface area contributed by atoms with Crippen molar-refractivity contribution in [3.05, 3.63) is 74.4 Å². The van der Waals surface area contributed by atoms with Crippen LogP contribution in [0.1, 0.15) is 18.5 Å². The number of carbonyl (C=O) groups is 2. The lowest BCUT2D eigenvalue weighted by molar-refractivity contribution is -0.149. The minimum Gasteiger partial charge on any atom is -0.454 e. The van der Waals surface area contributed by atoms with E-state index >= 15 is 0 Å². The van der Waals surface area contributed by atoms with Gasteiger partial charge in [-0.15, -0.1) is 5.10 Å². The van der Waals surface area contributed by atoms with E-state index in [1.54, 1.807) is 25.1 Å². The minimum absolute atomic E-state index is 0.0794. The maximum Gasteiger partial charge on any atom is 0.437 e. The van der Waals surface area contributed by atoms with Gasteiger partial charge in [0, 0.05) is 15.6 Å². The summed E-state index contributed by atoms with van der Waals surface area (Å²) in [6, 6.07) is 9.53. The molecule has 0 bridgehead atoms. The van der Waals surface area contributed by atoms with Gasteiger partial charge in [0.15, 0.2) is 6.61 Å². The molecule has 0 spiro atoms. The number of hydrogen-bond acceptors (Lipinski definition) is 6. The lowest BCUT2D eigenvalue weighted by atomic mass is 10.1. The summed E-state index contributed by atoms with van der Waals surface area (Å²) in [5, 5.41) is 7.36. The number of amides is 1. The number of nitrogens with one attached hydrogen (secondary N) is 1. The molecule has 162 valence electrons. The monoisotopic (exact) mass is 467 g/mol. The van der Waals surface area contributed by atoms with Gasteiger partial charge >= 0.3 is 11.7 Å². The van der Waals surface area contributed by atoms with Crippen LogP contribution in [-0.4, -0.2) is 28.3 Å². The molecule has 1 N–H and O–H groups in total. The van der Waals surface area contributed by atoms with Crippen molar-refractivity contribution in [2.75, 3.05) is 6.61 Å². The molecule has 0 aliphatic rings. The number of halogens is 3. The molecule has 0 aliphatic heterocycles. The van der Waals surface area contributed by atoms with Crippen molar-refractivity contribution in [3.63, 3.8) is 0 Å². The van der Waals surface area contributed by atoms with E-state index in [4.69, 9.17) is 32.4 Å². The Morgan fingerprint density at radius 3 is 2.61 bits per heavy atom. The van der Waals surface area contributed by atoms with Gasteiger partial charge in [-0.05, 0) is 48.9 Å². The molecule has 1 amide bonds. The van der Waals surface area contributed by atoms with Crippen molar-refractivity contribution in [3.8, 4) is 11.5 Å². The van der Waals surface area contributed by atoms with E-state index in [-0.39, 0.29) is 5.89 Å². The van der Waals surface area contributed by atoms with Gasteiger partial charge < -0.3 is 14.5 Å². The molecular weight excluding hydrogens is 452 g/mol. The fourth-order valence-electron chi connectivity index (χ4n) is 2.64. The lowest BCUT2D eigenvalue weighted by Gasteiger charge is -2.16. The summed E-state index contributed by atoms with van der Waals surface area (Å²) < 4.78 is 23.6. The molecule has 1 unspecified atom stereocenters. The number of aromatic nitrogens is 2. The summed E-state index contributed by atoms with van der Waals surface area (Å²) in [6.07, 6.45) is 0. The zero-order valence-corrected chi connectivity index (χ0v) is 17.6. The van der Waals surface area contributed by atoms with Crippen molar-refractivity contribution < 1.29 is 23.1 Å². The standard InChI is InChI=1S/C20H16Cl2FN3O5/c1-11(15-7-4-13(21)8-16(15)22)24-17(27)10-30-18(28)9-26-20(29)31-19(25-26)12-2-5-14(23)6-3-12/h2-8,11H,9-10H2,1H3,(H,24,27). The molecule has 1 heterocycles. The minimum atomic E-state index is -0.897. The van der Waals surface area contributed by atoms with Crippen LogP contribution < -0.4 is 11.1 Å². The zero-order valence-electron chi connectivity index (χ0n) is 16.1. The molecular formula is C20H16Cl2FN3O5. The zero-order chi connectivity index (χ0) is 22.5. The largest absolute Gasteiger partial charge is 0.454 e. The van der Waals surface area contributed by atoms with E-state index in [1.807, 2.05) is 0 Å². The topological polar surface area (TPSA) is 103 Å². The Morgan fingerprint density at radius 2 is 1.94 bits per heavy atom. The van der Waals surface area contributed by atoms with E-state index in [1.165, 1.54) is 24.3 Å². The van der Waals surface area contributed by atoms with Crippen LogP contribution >= 0.6 is 23.2 Å². The molecule has 0 radical (unpaired) electrons. The first-order valence-electron chi connectivity index (χ1n) is 8.97. The summed E-state index contributed by atoms with van der Waals surface area (Å²) in [5.74, 6) is -2.87. The van der Waals surface area contributed by atoms with Crippen molar-refractivity contribution in [1.29, 1.82) is 0 Å². The fraction of sp³-hybridized carbons (Fsp3) is 0.200. The number of esters is 1. The second-order valence-corrected chi connectivity index (χ2v) is 7.30. The summed E-state index contributed by atoms with van der Waals surface area (Å²) in [7, 11) is 0. The highest BCUT2D eigenvalue weighted by atomic mass is 35.5. The second kappa shape index (κ2) is 9.76. The van der Waals surface area contributed by atoms with Crippen molar-refractivity contribution in [2.24, 2.45) is 0 Å². The van der Waals surface area contributed by atoms with E-state index in [2.05, 4.69) is 10.4 Å². The van der Waals surface area contributed by atoms with Gasteiger partial charge in [-0.25, -0.2) is 9.18 Å². The number of carbonyl (C=O) groups excluding carboxylic acids is 2. The smallest absolute Gasteiger partial charge is 0.437 e. The van der Waals surface area contributed by atoms with E-state index in [0.29, 0.717) is 21.2 Å². The van der Waals surface area contributed by atoms with Gasteiger partial charge in [-0.1, -0.05) is 29.3 Å². The van der Waals surface area contributed by atoms with Crippen LogP contribution in [-0.2, 0) is 20.9 Å². The highest BCUT2D eigenvalue weighted by Gasteiger charge is 2.17. The van der Waals surface area contributed by atoms with Crippen molar-refractivity contribution in [1.82, 2.24) is 15.1 Å². The molecule has 0 saturated heterocycles. The molecule has 3 aromatic rings. The second-order valence-electron chi connectivity index (χ2n) is 6.45. The van der Waals surface area contributed by atoms with Crippen LogP contribution in [0.2, 0.25) is 10.0 Å². The van der Waals surface area contributed by atoms with Gasteiger partial charge in [-0.3, -0.25) is 9.59 Å². The molecule has 0 fully saturated rings. The Kier molecular flexibility index (Phi) is 7.09. The normalized spacial score (nSPS) is 11.7. The Bertz CT molecular complexity index is 1160. The van der Waals surface area contributed by atoms with Crippen LogP contribution in [0.5, 0.6) is 0 Å². The first-order chi connectivity index (χ1) is 14.7. The van der Waals surface area contributed by atoms with Crippen LogP contribution in [0.15, 0.2) is 51.7 Å². The summed E-state index contributed by atoms with van der Waals surface area (Å²) >= 11 is 12.0. The third-order valence-corrected chi connectivity index (χ3v) is 4.71. The Balaban J connectivity index is 1.53. The maximum absolute atomic E-state index is 13.0. The third kappa shape index (κ3) is 5.93. The van der Waals surface area contributed by atoms with Gasteiger partial charge in [-0.2, -0.15) is 4.68 Å². The van der Waals surface area contributed by atoms with Gasteiger partial charge in [0.1, 0.15) is 12.4 Å². The van der Waals surface area contributed by atoms with Crippen LogP contribution in [0.3, 0.4) is 0 Å². The average Bonchev–Trinajstić information content (AvgIpc) is 3.07. The number of rotatable bonds is 7. The van der Waals surface area contributed by atoms with Crippen molar-refractivity contribution in [2.45, 2.75) is 19.5 Å². The number of nitrogens with zero attached hydrogens (tertiary/aromatic N) is 2. The van der Waals surface area contributed by atoms with E-state index in [9.17, 15) is 18.8 Å². The third-order valence-electron chi connectivity index (χ3n) is 4.15. The molecule has 11 heteroatoms.